The molecule has 82 valence electrons. The van der Waals surface area contributed by atoms with Crippen molar-refractivity contribution in [2.75, 3.05) is 6.26 Å². The average Bonchev–Trinajstić information content (AvgIpc) is 2.16. The molecule has 0 aromatic heterocycles. The zero-order valence-corrected chi connectivity index (χ0v) is 8.38. The number of halogens is 4. The summed E-state index contributed by atoms with van der Waals surface area (Å²) in [5.74, 6) is -0.912. The fourth-order valence-corrected chi connectivity index (χ4v) is 1.56. The molecule has 0 aliphatic carbocycles. The van der Waals surface area contributed by atoms with Crippen LogP contribution in [-0.2, 0) is 6.18 Å². The Hall–Kier alpha value is -1.04. The van der Waals surface area contributed by atoms with E-state index in [1.807, 2.05) is 0 Å². The van der Waals surface area contributed by atoms with Crippen LogP contribution in [0.5, 0.6) is 0 Å². The Kier molecular flexibility index (Phi) is 3.38. The summed E-state index contributed by atoms with van der Waals surface area (Å²) in [4.78, 5) is 10.2. The third-order valence-corrected chi connectivity index (χ3v) is 2.48. The highest BCUT2D eigenvalue weighted by Crippen LogP contribution is 2.33. The lowest BCUT2D eigenvalue weighted by molar-refractivity contribution is -0.137. The summed E-state index contributed by atoms with van der Waals surface area (Å²) in [5, 5.41) is 0. The van der Waals surface area contributed by atoms with Gasteiger partial charge in [0.2, 0.25) is 0 Å². The number of carbonyl (C=O) groups is 1. The number of carbonyl (C=O) groups excluding carboxylic acids is 1. The largest absolute Gasteiger partial charge is 0.416 e. The molecule has 6 heteroatoms. The van der Waals surface area contributed by atoms with E-state index in [4.69, 9.17) is 0 Å². The molecule has 0 saturated heterocycles. The van der Waals surface area contributed by atoms with Crippen LogP contribution in [0.3, 0.4) is 0 Å². The highest BCUT2D eigenvalue weighted by molar-refractivity contribution is 7.98. The highest BCUT2D eigenvalue weighted by atomic mass is 32.2. The van der Waals surface area contributed by atoms with Crippen LogP contribution in [0.25, 0.3) is 0 Å². The van der Waals surface area contributed by atoms with E-state index < -0.39 is 23.1 Å². The molecule has 1 rings (SSSR count). The molecule has 0 N–H and O–H groups in total. The summed E-state index contributed by atoms with van der Waals surface area (Å²) in [5.41, 5.74) is -1.59. The Morgan fingerprint density at radius 1 is 1.33 bits per heavy atom. The van der Waals surface area contributed by atoms with Crippen molar-refractivity contribution >= 4 is 18.0 Å². The van der Waals surface area contributed by atoms with Crippen LogP contribution in [0.1, 0.15) is 15.9 Å². The van der Waals surface area contributed by atoms with Gasteiger partial charge < -0.3 is 0 Å². The minimum Gasteiger partial charge on any atom is -0.298 e. The van der Waals surface area contributed by atoms with Crippen LogP contribution in [-0.4, -0.2) is 12.5 Å². The standard InChI is InChI=1S/C9H6F4OS/c1-15-7-3-6(9(11,12)13)2-5(4-14)8(7)10/h2-4H,1H3. The van der Waals surface area contributed by atoms with Crippen LogP contribution in [0.2, 0.25) is 0 Å². The summed E-state index contributed by atoms with van der Waals surface area (Å²) in [6.45, 7) is 0. The molecule has 1 aromatic rings. The Morgan fingerprint density at radius 2 is 1.93 bits per heavy atom. The summed E-state index contributed by atoms with van der Waals surface area (Å²) >= 11 is 0.821. The lowest BCUT2D eigenvalue weighted by Crippen LogP contribution is -2.07. The lowest BCUT2D eigenvalue weighted by Gasteiger charge is -2.10. The first-order chi connectivity index (χ1) is 6.90. The van der Waals surface area contributed by atoms with Crippen LogP contribution in [0.15, 0.2) is 17.0 Å². The number of rotatable bonds is 2. The number of benzene rings is 1. The van der Waals surface area contributed by atoms with Crippen molar-refractivity contribution in [3.05, 3.63) is 29.1 Å². The topological polar surface area (TPSA) is 17.1 Å². The molecule has 0 atom stereocenters. The van der Waals surface area contributed by atoms with Gasteiger partial charge in [-0.3, -0.25) is 4.79 Å². The van der Waals surface area contributed by atoms with E-state index in [0.29, 0.717) is 12.1 Å². The van der Waals surface area contributed by atoms with Crippen molar-refractivity contribution in [3.8, 4) is 0 Å². The van der Waals surface area contributed by atoms with Crippen molar-refractivity contribution in [1.29, 1.82) is 0 Å². The van der Waals surface area contributed by atoms with Gasteiger partial charge in [0.1, 0.15) is 5.82 Å². The molecule has 0 fully saturated rings. The molecule has 1 nitrogen and oxygen atoms in total. The molecule has 0 aliphatic rings. The quantitative estimate of drug-likeness (QED) is 0.446. The molecule has 0 unspecified atom stereocenters. The van der Waals surface area contributed by atoms with Gasteiger partial charge in [0.15, 0.2) is 6.29 Å². The predicted molar refractivity (Wildman–Crippen MR) is 48.6 cm³/mol. The molecule has 0 spiro atoms. The second-order valence-electron chi connectivity index (χ2n) is 2.70. The van der Waals surface area contributed by atoms with Crippen LogP contribution in [0.4, 0.5) is 17.6 Å². The minimum absolute atomic E-state index is 0.0737. The molecule has 0 amide bonds. The van der Waals surface area contributed by atoms with Gasteiger partial charge in [-0.05, 0) is 18.4 Å². The second kappa shape index (κ2) is 4.22. The molecule has 0 radical (unpaired) electrons. The summed E-state index contributed by atoms with van der Waals surface area (Å²) in [6, 6.07) is 1.19. The molecular weight excluding hydrogens is 232 g/mol. The maximum atomic E-state index is 13.2. The summed E-state index contributed by atoms with van der Waals surface area (Å²) < 4.78 is 50.1. The molecule has 0 heterocycles. The fraction of sp³-hybridized carbons (Fsp3) is 0.222. The Balaban J connectivity index is 3.40. The summed E-state index contributed by atoms with van der Waals surface area (Å²) in [6.07, 6.45) is -3.06. The number of hydrogen-bond acceptors (Lipinski definition) is 2. The van der Waals surface area contributed by atoms with Crippen molar-refractivity contribution in [3.63, 3.8) is 0 Å². The Morgan fingerprint density at radius 3 is 2.33 bits per heavy atom. The van der Waals surface area contributed by atoms with Crippen molar-refractivity contribution < 1.29 is 22.4 Å². The maximum absolute atomic E-state index is 13.2. The molecular formula is C9H6F4OS. The first-order valence-corrected chi connectivity index (χ1v) is 5.02. The van der Waals surface area contributed by atoms with Gasteiger partial charge in [0.25, 0.3) is 0 Å². The Labute approximate surface area is 87.5 Å². The number of aldehydes is 1. The van der Waals surface area contributed by atoms with E-state index in [1.165, 1.54) is 6.26 Å². The minimum atomic E-state index is -4.57. The predicted octanol–water partition coefficient (Wildman–Crippen LogP) is 3.38. The molecule has 15 heavy (non-hydrogen) atoms. The third-order valence-electron chi connectivity index (χ3n) is 1.74. The van der Waals surface area contributed by atoms with E-state index in [0.717, 1.165) is 11.8 Å². The third kappa shape index (κ3) is 2.50. The molecule has 0 bridgehead atoms. The SMILES string of the molecule is CSc1cc(C(F)(F)F)cc(C=O)c1F. The Bertz CT molecular complexity index is 386. The second-order valence-corrected chi connectivity index (χ2v) is 3.55. The van der Waals surface area contributed by atoms with E-state index in [2.05, 4.69) is 0 Å². The van der Waals surface area contributed by atoms with Crippen LogP contribution in [0, 0.1) is 5.82 Å². The van der Waals surface area contributed by atoms with Crippen LogP contribution < -0.4 is 0 Å². The maximum Gasteiger partial charge on any atom is 0.416 e. The van der Waals surface area contributed by atoms with E-state index in [9.17, 15) is 22.4 Å². The van der Waals surface area contributed by atoms with Crippen LogP contribution >= 0.6 is 11.8 Å². The van der Waals surface area contributed by atoms with Gasteiger partial charge >= 0.3 is 6.18 Å². The van der Waals surface area contributed by atoms with E-state index in [-0.39, 0.29) is 11.2 Å². The van der Waals surface area contributed by atoms with Crippen molar-refractivity contribution in [2.24, 2.45) is 0 Å². The van der Waals surface area contributed by atoms with E-state index in [1.54, 1.807) is 0 Å². The monoisotopic (exact) mass is 238 g/mol. The lowest BCUT2D eigenvalue weighted by atomic mass is 10.1. The first-order valence-electron chi connectivity index (χ1n) is 3.80. The smallest absolute Gasteiger partial charge is 0.298 e. The van der Waals surface area contributed by atoms with Gasteiger partial charge in [0.05, 0.1) is 11.1 Å². The van der Waals surface area contributed by atoms with Gasteiger partial charge in [-0.2, -0.15) is 13.2 Å². The first kappa shape index (κ1) is 12.0. The van der Waals surface area contributed by atoms with E-state index >= 15 is 0 Å². The number of hydrogen-bond donors (Lipinski definition) is 0. The van der Waals surface area contributed by atoms with Gasteiger partial charge in [0, 0.05) is 4.90 Å². The zero-order valence-electron chi connectivity index (χ0n) is 7.56. The van der Waals surface area contributed by atoms with Gasteiger partial charge in [-0.1, -0.05) is 0 Å². The van der Waals surface area contributed by atoms with Gasteiger partial charge in [-0.15, -0.1) is 11.8 Å². The number of alkyl halides is 3. The molecule has 0 saturated carbocycles. The average molecular weight is 238 g/mol. The van der Waals surface area contributed by atoms with Crippen molar-refractivity contribution in [1.82, 2.24) is 0 Å². The number of thioether (sulfide) groups is 1. The normalized spacial score (nSPS) is 11.5. The molecule has 0 aliphatic heterocycles. The summed E-state index contributed by atoms with van der Waals surface area (Å²) in [7, 11) is 0. The highest BCUT2D eigenvalue weighted by Gasteiger charge is 2.32. The van der Waals surface area contributed by atoms with Gasteiger partial charge in [-0.25, -0.2) is 4.39 Å². The van der Waals surface area contributed by atoms with Crippen molar-refractivity contribution in [2.45, 2.75) is 11.1 Å². The fourth-order valence-electron chi connectivity index (χ4n) is 1.02. The zero-order chi connectivity index (χ0) is 11.6. The molecule has 1 aromatic carbocycles.